The highest BCUT2D eigenvalue weighted by Gasteiger charge is 2.25. The first-order valence-corrected chi connectivity index (χ1v) is 7.65. The zero-order chi connectivity index (χ0) is 16.1. The fourth-order valence-electron chi connectivity index (χ4n) is 3.00. The summed E-state index contributed by atoms with van der Waals surface area (Å²) in [6, 6.07) is 1.18. The number of amides is 1. The number of aryl methyl sites for hydroxylation is 1. The van der Waals surface area contributed by atoms with Crippen LogP contribution in [0, 0.1) is 23.0 Å². The number of rotatable bonds is 5. The summed E-state index contributed by atoms with van der Waals surface area (Å²) in [5.41, 5.74) is 6.34. The van der Waals surface area contributed by atoms with Gasteiger partial charge < -0.3 is 11.1 Å². The Kier molecular flexibility index (Phi) is 5.43. The molecule has 3 N–H and O–H groups in total. The zero-order valence-electron chi connectivity index (χ0n) is 12.7. The fraction of sp³-hybridized carbons (Fsp3) is 0.600. The molecule has 0 radical (unpaired) electrons. The first kappa shape index (κ1) is 16.4. The normalized spacial score (nSPS) is 17.0. The highest BCUT2D eigenvalue weighted by molar-refractivity contribution is 5.96. The van der Waals surface area contributed by atoms with Gasteiger partial charge in [0.15, 0.2) is 0 Å². The quantitative estimate of drug-likeness (QED) is 0.638. The number of carbonyl (C=O) groups excluding carboxylic acids is 1. The average molecular weight is 306 g/mol. The Morgan fingerprint density at radius 3 is 2.77 bits per heavy atom. The van der Waals surface area contributed by atoms with Gasteiger partial charge in [-0.2, -0.15) is 0 Å². The highest BCUT2D eigenvalue weighted by atomic mass is 16.6. The van der Waals surface area contributed by atoms with E-state index >= 15 is 0 Å². The van der Waals surface area contributed by atoms with Crippen LogP contribution in [0.15, 0.2) is 12.3 Å². The lowest BCUT2D eigenvalue weighted by molar-refractivity contribution is -0.385. The molecule has 7 heteroatoms. The van der Waals surface area contributed by atoms with Crippen molar-refractivity contribution in [3.8, 4) is 0 Å². The van der Waals surface area contributed by atoms with E-state index in [1.165, 1.54) is 12.5 Å². The number of hydrogen-bond donors (Lipinski definition) is 2. The van der Waals surface area contributed by atoms with Gasteiger partial charge in [-0.15, -0.1) is 0 Å². The van der Waals surface area contributed by atoms with Gasteiger partial charge in [-0.3, -0.25) is 19.9 Å². The Hall–Kier alpha value is -2.02. The monoisotopic (exact) mass is 306 g/mol. The van der Waals surface area contributed by atoms with Crippen LogP contribution in [0.4, 0.5) is 5.69 Å². The molecular weight excluding hydrogens is 284 g/mol. The van der Waals surface area contributed by atoms with Crippen LogP contribution in [0.25, 0.3) is 0 Å². The SMILES string of the molecule is Cc1ncc([N+](=O)[O-])cc1C(=O)NC(CN)C1CCCCC1. The van der Waals surface area contributed by atoms with E-state index in [1.807, 2.05) is 0 Å². The molecule has 0 aliphatic heterocycles. The second kappa shape index (κ2) is 7.31. The smallest absolute Gasteiger partial charge is 0.288 e. The van der Waals surface area contributed by atoms with Gasteiger partial charge in [-0.1, -0.05) is 19.3 Å². The van der Waals surface area contributed by atoms with Crippen molar-refractivity contribution < 1.29 is 9.72 Å². The molecule has 1 heterocycles. The van der Waals surface area contributed by atoms with E-state index in [2.05, 4.69) is 10.3 Å². The topological polar surface area (TPSA) is 111 Å². The molecule has 120 valence electrons. The molecule has 7 nitrogen and oxygen atoms in total. The molecule has 1 aliphatic carbocycles. The lowest BCUT2D eigenvalue weighted by Gasteiger charge is -2.30. The summed E-state index contributed by atoms with van der Waals surface area (Å²) in [4.78, 5) is 26.6. The predicted octanol–water partition coefficient (Wildman–Crippen LogP) is 1.94. The molecule has 0 bridgehead atoms. The second-order valence-electron chi connectivity index (χ2n) is 5.80. The largest absolute Gasteiger partial charge is 0.348 e. The molecule has 1 amide bonds. The Morgan fingerprint density at radius 1 is 1.50 bits per heavy atom. The number of nitrogens with one attached hydrogen (secondary N) is 1. The Labute approximate surface area is 129 Å². The molecule has 1 unspecified atom stereocenters. The van der Waals surface area contributed by atoms with E-state index < -0.39 is 4.92 Å². The van der Waals surface area contributed by atoms with Gasteiger partial charge >= 0.3 is 0 Å². The third-order valence-electron chi connectivity index (χ3n) is 4.32. The van der Waals surface area contributed by atoms with Crippen molar-refractivity contribution in [2.45, 2.75) is 45.1 Å². The van der Waals surface area contributed by atoms with Crippen molar-refractivity contribution in [2.24, 2.45) is 11.7 Å². The molecular formula is C15H22N4O3. The third kappa shape index (κ3) is 3.79. The minimum Gasteiger partial charge on any atom is -0.348 e. The van der Waals surface area contributed by atoms with Crippen LogP contribution in [0.5, 0.6) is 0 Å². The first-order valence-electron chi connectivity index (χ1n) is 7.65. The van der Waals surface area contributed by atoms with Crippen molar-refractivity contribution in [3.63, 3.8) is 0 Å². The van der Waals surface area contributed by atoms with E-state index in [-0.39, 0.29) is 23.2 Å². The molecule has 1 aliphatic rings. The zero-order valence-corrected chi connectivity index (χ0v) is 12.7. The molecule has 1 saturated carbocycles. The molecule has 1 aromatic rings. The van der Waals surface area contributed by atoms with Gasteiger partial charge in [0, 0.05) is 18.7 Å². The predicted molar refractivity (Wildman–Crippen MR) is 82.5 cm³/mol. The number of carbonyl (C=O) groups is 1. The van der Waals surface area contributed by atoms with Gasteiger partial charge in [0.25, 0.3) is 11.6 Å². The number of aromatic nitrogens is 1. The molecule has 1 atom stereocenters. The molecule has 0 aromatic carbocycles. The molecule has 2 rings (SSSR count). The van der Waals surface area contributed by atoms with Crippen LogP contribution in [-0.4, -0.2) is 28.4 Å². The van der Waals surface area contributed by atoms with Crippen molar-refractivity contribution in [1.82, 2.24) is 10.3 Å². The van der Waals surface area contributed by atoms with E-state index in [1.54, 1.807) is 6.92 Å². The minimum absolute atomic E-state index is 0.0912. The number of nitro groups is 1. The summed E-state index contributed by atoms with van der Waals surface area (Å²) in [6.07, 6.45) is 6.84. The van der Waals surface area contributed by atoms with E-state index in [0.717, 1.165) is 31.9 Å². The summed E-state index contributed by atoms with van der Waals surface area (Å²) in [5.74, 6) is 0.0457. The number of nitrogens with zero attached hydrogens (tertiary/aromatic N) is 2. The van der Waals surface area contributed by atoms with Crippen molar-refractivity contribution in [3.05, 3.63) is 33.6 Å². The molecule has 0 saturated heterocycles. The average Bonchev–Trinajstić information content (AvgIpc) is 2.53. The van der Waals surface area contributed by atoms with Crippen molar-refractivity contribution >= 4 is 11.6 Å². The summed E-state index contributed by atoms with van der Waals surface area (Å²) < 4.78 is 0. The number of pyridine rings is 1. The summed E-state index contributed by atoms with van der Waals surface area (Å²) in [7, 11) is 0. The van der Waals surface area contributed by atoms with Crippen molar-refractivity contribution in [2.75, 3.05) is 6.54 Å². The van der Waals surface area contributed by atoms with Gasteiger partial charge in [0.2, 0.25) is 0 Å². The maximum atomic E-state index is 12.4. The summed E-state index contributed by atoms with van der Waals surface area (Å²) >= 11 is 0. The van der Waals surface area contributed by atoms with Crippen LogP contribution in [-0.2, 0) is 0 Å². The van der Waals surface area contributed by atoms with Gasteiger partial charge in [0.1, 0.15) is 6.20 Å². The van der Waals surface area contributed by atoms with Gasteiger partial charge in [0.05, 0.1) is 16.2 Å². The molecule has 1 aromatic heterocycles. The van der Waals surface area contributed by atoms with Gasteiger partial charge in [-0.05, 0) is 25.7 Å². The summed E-state index contributed by atoms with van der Waals surface area (Å²) in [6.45, 7) is 2.04. The lowest BCUT2D eigenvalue weighted by Crippen LogP contribution is -2.46. The van der Waals surface area contributed by atoms with E-state index in [9.17, 15) is 14.9 Å². The van der Waals surface area contributed by atoms with Crippen LogP contribution >= 0.6 is 0 Å². The second-order valence-corrected chi connectivity index (χ2v) is 5.80. The third-order valence-corrected chi connectivity index (χ3v) is 4.32. The Bertz CT molecular complexity index is 556. The molecule has 0 spiro atoms. The van der Waals surface area contributed by atoms with Crippen molar-refractivity contribution in [1.29, 1.82) is 0 Å². The minimum atomic E-state index is -0.551. The first-order chi connectivity index (χ1) is 10.5. The van der Waals surface area contributed by atoms with Crippen LogP contribution in [0.3, 0.4) is 0 Å². The standard InChI is InChI=1S/C15H22N4O3/c1-10-13(7-12(9-17-10)19(21)22)15(20)18-14(8-16)11-5-3-2-4-6-11/h7,9,11,14H,2-6,8,16H2,1H3,(H,18,20). The number of hydrogen-bond acceptors (Lipinski definition) is 5. The highest BCUT2D eigenvalue weighted by Crippen LogP contribution is 2.26. The Balaban J connectivity index is 2.13. The Morgan fingerprint density at radius 2 is 2.18 bits per heavy atom. The molecule has 1 fully saturated rings. The maximum absolute atomic E-state index is 12.4. The van der Waals surface area contributed by atoms with Gasteiger partial charge in [-0.25, -0.2) is 0 Å². The van der Waals surface area contributed by atoms with Crippen LogP contribution < -0.4 is 11.1 Å². The molecule has 22 heavy (non-hydrogen) atoms. The lowest BCUT2D eigenvalue weighted by atomic mass is 9.84. The van der Waals surface area contributed by atoms with E-state index in [0.29, 0.717) is 18.2 Å². The number of nitrogens with two attached hydrogens (primary N) is 1. The summed E-state index contributed by atoms with van der Waals surface area (Å²) in [5, 5.41) is 13.8. The maximum Gasteiger partial charge on any atom is 0.288 e. The van der Waals surface area contributed by atoms with Crippen LogP contribution in [0.1, 0.15) is 48.2 Å². The fourth-order valence-corrected chi connectivity index (χ4v) is 3.00. The van der Waals surface area contributed by atoms with E-state index in [4.69, 9.17) is 5.73 Å². The van der Waals surface area contributed by atoms with Crippen LogP contribution in [0.2, 0.25) is 0 Å².